The standard InChI is InChI=1S/C12H20N4O/c1-9-8-10-11(17)14-15(2)12(16(10)13-9)6-4-3-5-7-12/h10H,3-8H2,1-2H3,(H,14,17). The van der Waals surface area contributed by atoms with Gasteiger partial charge in [-0.25, -0.2) is 0 Å². The third-order valence-electron chi connectivity index (χ3n) is 4.35. The van der Waals surface area contributed by atoms with Crippen molar-refractivity contribution < 1.29 is 4.79 Å². The highest BCUT2D eigenvalue weighted by atomic mass is 16.2. The number of hydrogen-bond donors (Lipinski definition) is 1. The lowest BCUT2D eigenvalue weighted by Crippen LogP contribution is -2.72. The van der Waals surface area contributed by atoms with Gasteiger partial charge in [0, 0.05) is 19.2 Å². The topological polar surface area (TPSA) is 47.9 Å². The molecule has 1 saturated carbocycles. The zero-order valence-electron chi connectivity index (χ0n) is 10.6. The van der Waals surface area contributed by atoms with Gasteiger partial charge in [-0.05, 0) is 32.6 Å². The molecule has 1 saturated heterocycles. The molecule has 0 aromatic rings. The van der Waals surface area contributed by atoms with E-state index in [1.54, 1.807) is 0 Å². The molecular formula is C12H20N4O. The fourth-order valence-corrected chi connectivity index (χ4v) is 3.43. The Bertz CT molecular complexity index is 373. The molecule has 1 N–H and O–H groups in total. The summed E-state index contributed by atoms with van der Waals surface area (Å²) in [6.07, 6.45) is 6.70. The molecular weight excluding hydrogens is 216 g/mol. The van der Waals surface area contributed by atoms with Crippen LogP contribution >= 0.6 is 0 Å². The van der Waals surface area contributed by atoms with Crippen molar-refractivity contribution in [1.29, 1.82) is 0 Å². The molecule has 0 radical (unpaired) electrons. The van der Waals surface area contributed by atoms with Crippen LogP contribution in [0.15, 0.2) is 5.10 Å². The predicted octanol–water partition coefficient (Wildman–Crippen LogP) is 1.07. The van der Waals surface area contributed by atoms with Crippen molar-refractivity contribution in [2.75, 3.05) is 7.05 Å². The maximum atomic E-state index is 12.0. The minimum atomic E-state index is -0.0794. The van der Waals surface area contributed by atoms with Crippen LogP contribution in [-0.2, 0) is 4.79 Å². The van der Waals surface area contributed by atoms with Crippen molar-refractivity contribution in [3.8, 4) is 0 Å². The third-order valence-corrected chi connectivity index (χ3v) is 4.35. The van der Waals surface area contributed by atoms with Gasteiger partial charge in [-0.2, -0.15) is 10.1 Å². The number of hydrazine groups is 1. The molecule has 1 aliphatic carbocycles. The van der Waals surface area contributed by atoms with Crippen molar-refractivity contribution >= 4 is 11.6 Å². The molecule has 2 heterocycles. The summed E-state index contributed by atoms with van der Waals surface area (Å²) in [5, 5.41) is 8.71. The highest BCUT2D eigenvalue weighted by molar-refractivity contribution is 5.93. The molecule has 5 nitrogen and oxygen atoms in total. The summed E-state index contributed by atoms with van der Waals surface area (Å²) in [7, 11) is 1.97. The fraction of sp³-hybridized carbons (Fsp3) is 0.833. The number of rotatable bonds is 0. The number of carbonyl (C=O) groups excluding carboxylic acids is 1. The van der Waals surface area contributed by atoms with E-state index in [1.807, 2.05) is 19.0 Å². The summed E-state index contributed by atoms with van der Waals surface area (Å²) >= 11 is 0. The minimum Gasteiger partial charge on any atom is -0.285 e. The zero-order valence-corrected chi connectivity index (χ0v) is 10.6. The quantitative estimate of drug-likeness (QED) is 0.684. The lowest BCUT2D eigenvalue weighted by atomic mass is 9.86. The van der Waals surface area contributed by atoms with Crippen molar-refractivity contribution in [1.82, 2.24) is 15.4 Å². The van der Waals surface area contributed by atoms with E-state index in [0.717, 1.165) is 25.0 Å². The minimum absolute atomic E-state index is 0.0748. The second-order valence-corrected chi connectivity index (χ2v) is 5.48. The van der Waals surface area contributed by atoms with E-state index < -0.39 is 0 Å². The molecule has 0 bridgehead atoms. The molecule has 3 rings (SSSR count). The Labute approximate surface area is 102 Å². The molecule has 17 heavy (non-hydrogen) atoms. The summed E-state index contributed by atoms with van der Waals surface area (Å²) in [4.78, 5) is 12.0. The number of hydrogen-bond acceptors (Lipinski definition) is 4. The molecule has 3 aliphatic rings. The number of carbonyl (C=O) groups is 1. The summed E-state index contributed by atoms with van der Waals surface area (Å²) in [5.74, 6) is 0.0873. The van der Waals surface area contributed by atoms with Crippen LogP contribution in [-0.4, -0.2) is 40.4 Å². The average Bonchev–Trinajstić information content (AvgIpc) is 2.71. The van der Waals surface area contributed by atoms with E-state index in [9.17, 15) is 4.79 Å². The summed E-state index contributed by atoms with van der Waals surface area (Å²) in [6, 6.07) is -0.0794. The van der Waals surface area contributed by atoms with E-state index in [-0.39, 0.29) is 17.6 Å². The predicted molar refractivity (Wildman–Crippen MR) is 65.1 cm³/mol. The molecule has 2 aliphatic heterocycles. The first-order valence-corrected chi connectivity index (χ1v) is 6.51. The Kier molecular flexibility index (Phi) is 2.40. The second kappa shape index (κ2) is 3.70. The summed E-state index contributed by atoms with van der Waals surface area (Å²) < 4.78 is 0. The van der Waals surface area contributed by atoms with Gasteiger partial charge in [0.2, 0.25) is 0 Å². The molecule has 1 unspecified atom stereocenters. The van der Waals surface area contributed by atoms with Crippen molar-refractivity contribution in [2.24, 2.45) is 5.10 Å². The van der Waals surface area contributed by atoms with Crippen LogP contribution < -0.4 is 5.43 Å². The zero-order chi connectivity index (χ0) is 12.0. The molecule has 0 aromatic carbocycles. The number of amides is 1. The van der Waals surface area contributed by atoms with Crippen LogP contribution in [0.2, 0.25) is 0 Å². The van der Waals surface area contributed by atoms with Crippen molar-refractivity contribution in [3.63, 3.8) is 0 Å². The van der Waals surface area contributed by atoms with E-state index in [1.165, 1.54) is 19.3 Å². The lowest BCUT2D eigenvalue weighted by molar-refractivity contribution is -0.173. The Morgan fingerprint density at radius 2 is 2.06 bits per heavy atom. The van der Waals surface area contributed by atoms with Gasteiger partial charge in [0.1, 0.15) is 11.7 Å². The number of hydrazone groups is 1. The first-order chi connectivity index (χ1) is 8.13. The van der Waals surface area contributed by atoms with Crippen LogP contribution in [0.5, 0.6) is 0 Å². The highest BCUT2D eigenvalue weighted by Gasteiger charge is 2.52. The van der Waals surface area contributed by atoms with Crippen molar-refractivity contribution in [2.45, 2.75) is 57.2 Å². The van der Waals surface area contributed by atoms with Crippen LogP contribution in [0.3, 0.4) is 0 Å². The number of fused-ring (bicyclic) bond motifs is 2. The van der Waals surface area contributed by atoms with Crippen LogP contribution in [0, 0.1) is 0 Å². The van der Waals surface area contributed by atoms with Gasteiger partial charge < -0.3 is 0 Å². The van der Waals surface area contributed by atoms with E-state index in [0.29, 0.717) is 0 Å². The lowest BCUT2D eigenvalue weighted by Gasteiger charge is -2.54. The maximum Gasteiger partial charge on any atom is 0.259 e. The first-order valence-electron chi connectivity index (χ1n) is 6.51. The SMILES string of the molecule is CC1=NN2C(C1)C(=O)NN(C)C21CCCCC1. The average molecular weight is 236 g/mol. The van der Waals surface area contributed by atoms with E-state index in [4.69, 9.17) is 0 Å². The van der Waals surface area contributed by atoms with Crippen LogP contribution in [0.25, 0.3) is 0 Å². The third kappa shape index (κ3) is 1.48. The van der Waals surface area contributed by atoms with Gasteiger partial charge in [0.15, 0.2) is 0 Å². The van der Waals surface area contributed by atoms with Crippen LogP contribution in [0.1, 0.15) is 45.4 Å². The van der Waals surface area contributed by atoms with Crippen LogP contribution in [0.4, 0.5) is 0 Å². The highest BCUT2D eigenvalue weighted by Crippen LogP contribution is 2.41. The van der Waals surface area contributed by atoms with Gasteiger partial charge in [0.25, 0.3) is 5.91 Å². The van der Waals surface area contributed by atoms with Crippen molar-refractivity contribution in [3.05, 3.63) is 0 Å². The molecule has 1 atom stereocenters. The Morgan fingerprint density at radius 3 is 2.76 bits per heavy atom. The summed E-state index contributed by atoms with van der Waals surface area (Å²) in [6.45, 7) is 2.02. The monoisotopic (exact) mass is 236 g/mol. The molecule has 1 amide bonds. The first kappa shape index (κ1) is 11.0. The second-order valence-electron chi connectivity index (χ2n) is 5.48. The molecule has 5 heteroatoms. The molecule has 0 aromatic heterocycles. The van der Waals surface area contributed by atoms with Gasteiger partial charge in [-0.15, -0.1) is 0 Å². The number of nitrogens with one attached hydrogen (secondary N) is 1. The van der Waals surface area contributed by atoms with Gasteiger partial charge in [0.05, 0.1) is 0 Å². The van der Waals surface area contributed by atoms with E-state index >= 15 is 0 Å². The maximum absolute atomic E-state index is 12.0. The Morgan fingerprint density at radius 1 is 1.35 bits per heavy atom. The number of nitrogens with zero attached hydrogens (tertiary/aromatic N) is 3. The molecule has 94 valence electrons. The Balaban J connectivity index is 1.97. The molecule has 1 spiro atoms. The molecule has 2 fully saturated rings. The van der Waals surface area contributed by atoms with Gasteiger partial charge in [-0.3, -0.25) is 15.2 Å². The normalized spacial score (nSPS) is 32.4. The fourth-order valence-electron chi connectivity index (χ4n) is 3.43. The van der Waals surface area contributed by atoms with Gasteiger partial charge >= 0.3 is 0 Å². The van der Waals surface area contributed by atoms with E-state index in [2.05, 4.69) is 15.5 Å². The smallest absolute Gasteiger partial charge is 0.259 e. The van der Waals surface area contributed by atoms with Gasteiger partial charge in [-0.1, -0.05) is 6.42 Å². The summed E-state index contributed by atoms with van der Waals surface area (Å²) in [5.41, 5.74) is 4.01. The largest absolute Gasteiger partial charge is 0.285 e. The Hall–Kier alpha value is -1.10.